The molecule has 0 amide bonds. The maximum absolute atomic E-state index is 12.3. The van der Waals surface area contributed by atoms with Gasteiger partial charge >= 0.3 is 5.51 Å². The second kappa shape index (κ2) is 6.31. The highest BCUT2D eigenvalue weighted by Crippen LogP contribution is 2.44. The van der Waals surface area contributed by atoms with Gasteiger partial charge in [-0.2, -0.15) is 13.2 Å². The molecule has 1 rings (SSSR count). The molecule has 0 radical (unpaired) electrons. The van der Waals surface area contributed by atoms with Gasteiger partial charge in [-0.25, -0.2) is 0 Å². The SMILES string of the molecule is CCSc1c([N+](=O)[O-])cc(SC(F)(F)F)cc1[N+](=O)[O-]. The first-order valence-corrected chi connectivity index (χ1v) is 6.81. The van der Waals surface area contributed by atoms with Crippen molar-refractivity contribution in [3.8, 4) is 0 Å². The number of nitro benzene ring substituents is 2. The predicted molar refractivity (Wildman–Crippen MR) is 68.1 cm³/mol. The van der Waals surface area contributed by atoms with Gasteiger partial charge in [0.2, 0.25) is 0 Å². The smallest absolute Gasteiger partial charge is 0.258 e. The van der Waals surface area contributed by atoms with Crippen molar-refractivity contribution in [1.29, 1.82) is 0 Å². The average molecular weight is 328 g/mol. The second-order valence-electron chi connectivity index (χ2n) is 3.29. The molecule has 20 heavy (non-hydrogen) atoms. The molecule has 0 atom stereocenters. The molecule has 0 N–H and O–H groups in total. The lowest BCUT2D eigenvalue weighted by Gasteiger charge is -2.08. The molecular formula is C9H7F3N2O4S2. The van der Waals surface area contributed by atoms with E-state index in [4.69, 9.17) is 0 Å². The van der Waals surface area contributed by atoms with E-state index < -0.39 is 43.4 Å². The molecule has 0 saturated heterocycles. The van der Waals surface area contributed by atoms with Crippen molar-refractivity contribution < 1.29 is 23.0 Å². The molecular weight excluding hydrogens is 321 g/mol. The Kier molecular flexibility index (Phi) is 5.22. The van der Waals surface area contributed by atoms with Crippen LogP contribution < -0.4 is 0 Å². The summed E-state index contributed by atoms with van der Waals surface area (Å²) in [6.45, 7) is 1.62. The fourth-order valence-corrected chi connectivity index (χ4v) is 2.79. The molecule has 1 aromatic rings. The molecule has 0 saturated carbocycles. The third-order valence-corrected chi connectivity index (χ3v) is 3.64. The summed E-state index contributed by atoms with van der Waals surface area (Å²) in [6.07, 6.45) is 0. The Morgan fingerprint density at radius 1 is 1.15 bits per heavy atom. The van der Waals surface area contributed by atoms with Crippen molar-refractivity contribution in [2.75, 3.05) is 5.75 Å². The maximum atomic E-state index is 12.3. The van der Waals surface area contributed by atoms with E-state index in [0.29, 0.717) is 17.9 Å². The number of benzene rings is 1. The number of halogens is 3. The molecule has 0 bridgehead atoms. The van der Waals surface area contributed by atoms with Crippen LogP contribution >= 0.6 is 23.5 Å². The first-order valence-electron chi connectivity index (χ1n) is 5.01. The van der Waals surface area contributed by atoms with E-state index >= 15 is 0 Å². The summed E-state index contributed by atoms with van der Waals surface area (Å²) in [5.41, 5.74) is -6.07. The zero-order valence-corrected chi connectivity index (χ0v) is 11.5. The van der Waals surface area contributed by atoms with Crippen molar-refractivity contribution >= 4 is 34.9 Å². The summed E-state index contributed by atoms with van der Waals surface area (Å²) < 4.78 is 36.8. The normalized spacial score (nSPS) is 11.4. The highest BCUT2D eigenvalue weighted by Gasteiger charge is 2.33. The summed E-state index contributed by atoms with van der Waals surface area (Å²) >= 11 is 0.211. The van der Waals surface area contributed by atoms with Crippen molar-refractivity contribution in [2.45, 2.75) is 22.2 Å². The summed E-state index contributed by atoms with van der Waals surface area (Å²) in [4.78, 5) is 19.1. The largest absolute Gasteiger partial charge is 0.446 e. The van der Waals surface area contributed by atoms with Gasteiger partial charge in [0.25, 0.3) is 11.4 Å². The van der Waals surface area contributed by atoms with Gasteiger partial charge in [0, 0.05) is 17.0 Å². The lowest BCUT2D eigenvalue weighted by atomic mass is 10.3. The Bertz CT molecular complexity index is 515. The molecule has 0 aliphatic rings. The Hall–Kier alpha value is -1.49. The first kappa shape index (κ1) is 16.6. The molecule has 0 aliphatic heterocycles. The zero-order valence-electron chi connectivity index (χ0n) is 9.84. The van der Waals surface area contributed by atoms with Crippen LogP contribution in [0.15, 0.2) is 21.9 Å². The fraction of sp³-hybridized carbons (Fsp3) is 0.333. The van der Waals surface area contributed by atoms with Crippen molar-refractivity contribution in [2.24, 2.45) is 0 Å². The Labute approximate surface area is 119 Å². The van der Waals surface area contributed by atoms with Gasteiger partial charge < -0.3 is 0 Å². The van der Waals surface area contributed by atoms with Crippen LogP contribution in [0.4, 0.5) is 24.5 Å². The molecule has 0 aromatic heterocycles. The van der Waals surface area contributed by atoms with Crippen molar-refractivity contribution in [3.63, 3.8) is 0 Å². The molecule has 110 valence electrons. The van der Waals surface area contributed by atoms with Crippen LogP contribution in [0, 0.1) is 20.2 Å². The molecule has 0 heterocycles. The highest BCUT2D eigenvalue weighted by atomic mass is 32.2. The molecule has 0 spiro atoms. The third kappa shape index (κ3) is 4.27. The van der Waals surface area contributed by atoms with Gasteiger partial charge in [0.1, 0.15) is 0 Å². The minimum Gasteiger partial charge on any atom is -0.258 e. The van der Waals surface area contributed by atoms with Crippen molar-refractivity contribution in [3.05, 3.63) is 32.4 Å². The number of alkyl halides is 3. The second-order valence-corrected chi connectivity index (χ2v) is 5.70. The van der Waals surface area contributed by atoms with Crippen LogP contribution in [0.2, 0.25) is 0 Å². The number of thioether (sulfide) groups is 2. The van der Waals surface area contributed by atoms with E-state index in [-0.39, 0.29) is 4.90 Å². The molecule has 0 fully saturated rings. The summed E-state index contributed by atoms with van der Waals surface area (Å²) in [6, 6.07) is 1.40. The Morgan fingerprint density at radius 2 is 1.60 bits per heavy atom. The van der Waals surface area contributed by atoms with Crippen LogP contribution in [0.25, 0.3) is 0 Å². The van der Waals surface area contributed by atoms with E-state index in [0.717, 1.165) is 11.8 Å². The quantitative estimate of drug-likeness (QED) is 0.457. The number of rotatable bonds is 5. The summed E-state index contributed by atoms with van der Waals surface area (Å²) in [5.74, 6) is 0.313. The van der Waals surface area contributed by atoms with Crippen LogP contribution in [0.3, 0.4) is 0 Å². The number of nitrogens with zero attached hydrogens (tertiary/aromatic N) is 2. The minimum absolute atomic E-state index is 0.242. The molecule has 6 nitrogen and oxygen atoms in total. The van der Waals surface area contributed by atoms with Crippen LogP contribution in [0.1, 0.15) is 6.92 Å². The average Bonchev–Trinajstić information content (AvgIpc) is 2.28. The van der Waals surface area contributed by atoms with E-state index in [2.05, 4.69) is 0 Å². The van der Waals surface area contributed by atoms with E-state index in [1.165, 1.54) is 0 Å². The van der Waals surface area contributed by atoms with Gasteiger partial charge in [-0.05, 0) is 17.5 Å². The van der Waals surface area contributed by atoms with Gasteiger partial charge in [-0.15, -0.1) is 11.8 Å². The van der Waals surface area contributed by atoms with Gasteiger partial charge in [0.15, 0.2) is 4.90 Å². The number of nitro groups is 2. The van der Waals surface area contributed by atoms with E-state index in [1.807, 2.05) is 0 Å². The topological polar surface area (TPSA) is 86.3 Å². The van der Waals surface area contributed by atoms with Crippen LogP contribution in [0.5, 0.6) is 0 Å². The van der Waals surface area contributed by atoms with Crippen LogP contribution in [-0.4, -0.2) is 21.1 Å². The lowest BCUT2D eigenvalue weighted by molar-refractivity contribution is -0.400. The number of hydrogen-bond donors (Lipinski definition) is 0. The summed E-state index contributed by atoms with van der Waals surface area (Å²) in [7, 11) is 0. The monoisotopic (exact) mass is 328 g/mol. The van der Waals surface area contributed by atoms with E-state index in [1.54, 1.807) is 6.92 Å². The molecule has 1 aromatic carbocycles. The minimum atomic E-state index is -4.68. The third-order valence-electron chi connectivity index (χ3n) is 1.94. The highest BCUT2D eigenvalue weighted by molar-refractivity contribution is 8.00. The van der Waals surface area contributed by atoms with E-state index in [9.17, 15) is 33.4 Å². The molecule has 11 heteroatoms. The Balaban J connectivity index is 3.46. The summed E-state index contributed by atoms with van der Waals surface area (Å²) in [5, 5.41) is 21.7. The van der Waals surface area contributed by atoms with Crippen LogP contribution in [-0.2, 0) is 0 Å². The predicted octanol–water partition coefficient (Wildman–Crippen LogP) is 4.23. The molecule has 0 unspecified atom stereocenters. The van der Waals surface area contributed by atoms with Crippen molar-refractivity contribution in [1.82, 2.24) is 0 Å². The van der Waals surface area contributed by atoms with Gasteiger partial charge in [-0.1, -0.05) is 6.92 Å². The zero-order chi connectivity index (χ0) is 15.5. The maximum Gasteiger partial charge on any atom is 0.446 e. The Morgan fingerprint density at radius 3 is 1.90 bits per heavy atom. The lowest BCUT2D eigenvalue weighted by Crippen LogP contribution is -2.02. The molecule has 0 aliphatic carbocycles. The van der Waals surface area contributed by atoms with Gasteiger partial charge in [0.05, 0.1) is 9.85 Å². The number of hydrogen-bond acceptors (Lipinski definition) is 6. The fourth-order valence-electron chi connectivity index (χ4n) is 1.33. The standard InChI is InChI=1S/C9H7F3N2O4S2/c1-2-19-8-6(13(15)16)3-5(20-9(10,11)12)4-7(8)14(17)18/h3-4H,2H2,1H3. The van der Waals surface area contributed by atoms with Gasteiger partial charge in [-0.3, -0.25) is 20.2 Å². The first-order chi connectivity index (χ1) is 9.15.